The Balaban J connectivity index is 2.23. The highest BCUT2D eigenvalue weighted by Gasteiger charge is 2.10. The quantitative estimate of drug-likeness (QED) is 0.191. The van der Waals surface area contributed by atoms with Gasteiger partial charge in [0.2, 0.25) is 0 Å². The van der Waals surface area contributed by atoms with Gasteiger partial charge in [-0.1, -0.05) is 55.1 Å². The van der Waals surface area contributed by atoms with Crippen molar-refractivity contribution in [3.63, 3.8) is 0 Å². The number of ether oxygens (including phenoxy) is 2. The van der Waals surface area contributed by atoms with Crippen molar-refractivity contribution in [1.29, 1.82) is 0 Å². The maximum absolute atomic E-state index is 10.6. The molecular formula is C27H33NO3. The molecule has 0 bridgehead atoms. The van der Waals surface area contributed by atoms with Crippen LogP contribution >= 0.6 is 0 Å². The third-order valence-electron chi connectivity index (χ3n) is 4.70. The van der Waals surface area contributed by atoms with Gasteiger partial charge in [0, 0.05) is 13.0 Å². The van der Waals surface area contributed by atoms with E-state index in [1.54, 1.807) is 0 Å². The highest BCUT2D eigenvalue weighted by atomic mass is 16.5. The van der Waals surface area contributed by atoms with Crippen LogP contribution in [0.25, 0.3) is 5.57 Å². The van der Waals surface area contributed by atoms with E-state index in [4.69, 9.17) is 9.47 Å². The zero-order valence-electron chi connectivity index (χ0n) is 18.8. The molecule has 0 amide bonds. The summed E-state index contributed by atoms with van der Waals surface area (Å²) in [4.78, 5) is 12.7. The van der Waals surface area contributed by atoms with Crippen molar-refractivity contribution in [1.82, 2.24) is 4.90 Å². The van der Waals surface area contributed by atoms with Gasteiger partial charge in [-0.05, 0) is 67.9 Å². The molecule has 0 aliphatic carbocycles. The minimum atomic E-state index is 0.335. The summed E-state index contributed by atoms with van der Waals surface area (Å²) in [6, 6.07) is 18.5. The van der Waals surface area contributed by atoms with Gasteiger partial charge in [-0.3, -0.25) is 0 Å². The molecular weight excluding hydrogens is 386 g/mol. The normalized spacial score (nSPS) is 12.0. The number of likely N-dealkylation sites (N-methyl/N-ethyl adjacent to an activating group) is 1. The van der Waals surface area contributed by atoms with Gasteiger partial charge in [0.15, 0.2) is 0 Å². The predicted octanol–water partition coefficient (Wildman–Crippen LogP) is 5.32. The monoisotopic (exact) mass is 419 g/mol. The van der Waals surface area contributed by atoms with Crippen molar-refractivity contribution in [2.75, 3.05) is 33.9 Å². The predicted molar refractivity (Wildman–Crippen MR) is 128 cm³/mol. The first-order valence-corrected chi connectivity index (χ1v) is 10.6. The Labute approximate surface area is 186 Å². The molecule has 0 aliphatic rings. The third-order valence-corrected chi connectivity index (χ3v) is 4.70. The second-order valence-corrected chi connectivity index (χ2v) is 7.48. The lowest BCUT2D eigenvalue weighted by Gasteiger charge is -2.16. The van der Waals surface area contributed by atoms with Crippen molar-refractivity contribution in [2.24, 2.45) is 0 Å². The van der Waals surface area contributed by atoms with E-state index in [0.717, 1.165) is 41.7 Å². The molecule has 0 unspecified atom stereocenters. The average Bonchev–Trinajstić information content (AvgIpc) is 2.76. The number of aldehydes is 1. The maximum Gasteiger partial charge on any atom is 0.123 e. The van der Waals surface area contributed by atoms with Gasteiger partial charge in [-0.2, -0.15) is 0 Å². The molecule has 2 aromatic rings. The number of carbonyl (C=O) groups is 1. The minimum Gasteiger partial charge on any atom is -0.494 e. The van der Waals surface area contributed by atoms with Crippen LogP contribution in [0.5, 0.6) is 5.75 Å². The smallest absolute Gasteiger partial charge is 0.123 e. The molecule has 0 atom stereocenters. The van der Waals surface area contributed by atoms with Crippen molar-refractivity contribution in [3.05, 3.63) is 95.8 Å². The number of nitrogens with zero attached hydrogens (tertiary/aromatic N) is 1. The van der Waals surface area contributed by atoms with Crippen molar-refractivity contribution in [3.8, 4) is 5.75 Å². The Morgan fingerprint density at radius 1 is 1.03 bits per heavy atom. The van der Waals surface area contributed by atoms with Gasteiger partial charge in [0.25, 0.3) is 0 Å². The van der Waals surface area contributed by atoms with Gasteiger partial charge in [0.1, 0.15) is 24.4 Å². The van der Waals surface area contributed by atoms with E-state index in [1.807, 2.05) is 57.4 Å². The third kappa shape index (κ3) is 8.65. The van der Waals surface area contributed by atoms with Crippen LogP contribution in [0.3, 0.4) is 0 Å². The van der Waals surface area contributed by atoms with E-state index in [0.29, 0.717) is 25.4 Å². The van der Waals surface area contributed by atoms with Crippen molar-refractivity contribution in [2.45, 2.75) is 19.8 Å². The number of carbonyl (C=O) groups excluding carboxylic acids is 1. The zero-order chi connectivity index (χ0) is 22.5. The Morgan fingerprint density at radius 3 is 2.35 bits per heavy atom. The Hall–Kier alpha value is -3.11. The summed E-state index contributed by atoms with van der Waals surface area (Å²) >= 11 is 0. The highest BCUT2D eigenvalue weighted by Crippen LogP contribution is 2.29. The second-order valence-electron chi connectivity index (χ2n) is 7.48. The van der Waals surface area contributed by atoms with Crippen LogP contribution in [0.1, 0.15) is 24.5 Å². The largest absolute Gasteiger partial charge is 0.494 e. The summed E-state index contributed by atoms with van der Waals surface area (Å²) in [7, 11) is 4.06. The molecule has 31 heavy (non-hydrogen) atoms. The van der Waals surface area contributed by atoms with Crippen LogP contribution in [0.2, 0.25) is 0 Å². The van der Waals surface area contributed by atoms with E-state index in [2.05, 4.69) is 41.8 Å². The average molecular weight is 420 g/mol. The summed E-state index contributed by atoms with van der Waals surface area (Å²) in [6.45, 7) is 7.91. The fourth-order valence-corrected chi connectivity index (χ4v) is 3.13. The highest BCUT2D eigenvalue weighted by molar-refractivity contribution is 5.80. The van der Waals surface area contributed by atoms with E-state index in [1.165, 1.54) is 5.56 Å². The summed E-state index contributed by atoms with van der Waals surface area (Å²) in [6.07, 6.45) is 6.02. The molecule has 2 aromatic carbocycles. The Bertz CT molecular complexity index is 880. The van der Waals surface area contributed by atoms with Crippen LogP contribution in [0, 0.1) is 0 Å². The molecule has 164 valence electrons. The molecule has 0 fully saturated rings. The number of allylic oxidation sites excluding steroid dienone is 4. The molecule has 0 radical (unpaired) electrons. The van der Waals surface area contributed by atoms with Crippen molar-refractivity contribution < 1.29 is 14.3 Å². The molecule has 4 heteroatoms. The topological polar surface area (TPSA) is 38.8 Å². The molecule has 0 N–H and O–H groups in total. The molecule has 0 aliphatic heterocycles. The van der Waals surface area contributed by atoms with Crippen LogP contribution in [0.15, 0.2) is 84.7 Å². The van der Waals surface area contributed by atoms with Gasteiger partial charge in [-0.15, -0.1) is 0 Å². The zero-order valence-corrected chi connectivity index (χ0v) is 18.8. The molecule has 0 aromatic heterocycles. The standard InChI is InChI=1S/C27H33NO3/c1-5-27(24-12-14-26(15-13-24)31-19-16-28(3)4)25(20-22(2)30-18-9-17-29)21-23-10-7-6-8-11-23/h5-8,10-15,17,20H,2,9,16,18-19,21H2,1,3-4H3/b25-20-,27-5-. The van der Waals surface area contributed by atoms with Gasteiger partial charge >= 0.3 is 0 Å². The van der Waals surface area contributed by atoms with E-state index >= 15 is 0 Å². The van der Waals surface area contributed by atoms with Crippen LogP contribution < -0.4 is 4.74 Å². The minimum absolute atomic E-state index is 0.335. The molecule has 0 saturated carbocycles. The molecule has 0 saturated heterocycles. The lowest BCUT2D eigenvalue weighted by molar-refractivity contribution is -0.108. The first kappa shape index (κ1) is 24.2. The van der Waals surface area contributed by atoms with Gasteiger partial charge in [-0.25, -0.2) is 0 Å². The van der Waals surface area contributed by atoms with Crippen LogP contribution in [0.4, 0.5) is 0 Å². The van der Waals surface area contributed by atoms with E-state index in [9.17, 15) is 4.79 Å². The Morgan fingerprint density at radius 2 is 1.74 bits per heavy atom. The van der Waals surface area contributed by atoms with E-state index in [-0.39, 0.29) is 0 Å². The molecule has 0 spiro atoms. The van der Waals surface area contributed by atoms with Gasteiger partial charge in [0.05, 0.1) is 6.61 Å². The summed E-state index contributed by atoms with van der Waals surface area (Å²) in [5, 5.41) is 0. The molecule has 4 nitrogen and oxygen atoms in total. The summed E-state index contributed by atoms with van der Waals surface area (Å²) in [5.41, 5.74) is 4.53. The molecule has 2 rings (SSSR count). The van der Waals surface area contributed by atoms with Crippen LogP contribution in [-0.4, -0.2) is 45.0 Å². The van der Waals surface area contributed by atoms with Crippen LogP contribution in [-0.2, 0) is 16.0 Å². The SMILES string of the molecule is C=C(/C=C(Cc1ccccc1)\C(=C/C)c1ccc(OCCN(C)C)cc1)OCCC=O. The fraction of sp³-hybridized carbons (Fsp3) is 0.296. The molecule has 0 heterocycles. The van der Waals surface area contributed by atoms with E-state index < -0.39 is 0 Å². The summed E-state index contributed by atoms with van der Waals surface area (Å²) in [5.74, 6) is 1.41. The number of benzene rings is 2. The lowest BCUT2D eigenvalue weighted by Crippen LogP contribution is -2.19. The maximum atomic E-state index is 10.6. The fourth-order valence-electron chi connectivity index (χ4n) is 3.13. The number of hydrogen-bond acceptors (Lipinski definition) is 4. The Kier molecular flexibility index (Phi) is 10.3. The number of rotatable bonds is 13. The lowest BCUT2D eigenvalue weighted by atomic mass is 9.92. The first-order valence-electron chi connectivity index (χ1n) is 10.6. The first-order chi connectivity index (χ1) is 15.0. The summed E-state index contributed by atoms with van der Waals surface area (Å²) < 4.78 is 11.4. The van der Waals surface area contributed by atoms with Gasteiger partial charge < -0.3 is 19.2 Å². The second kappa shape index (κ2) is 13.2. The van der Waals surface area contributed by atoms with Crippen molar-refractivity contribution >= 4 is 11.9 Å². The number of hydrogen-bond donors (Lipinski definition) is 0.